The van der Waals surface area contributed by atoms with E-state index in [0.717, 1.165) is 36.9 Å². The third-order valence-corrected chi connectivity index (χ3v) is 11.7. The predicted molar refractivity (Wildman–Crippen MR) is 138 cm³/mol. The number of fused-ring (bicyclic) bond motifs is 4. The van der Waals surface area contributed by atoms with Gasteiger partial charge in [0.15, 0.2) is 5.78 Å². The van der Waals surface area contributed by atoms with Crippen molar-refractivity contribution in [2.24, 2.45) is 45.3 Å². The molecule has 4 aliphatic carbocycles. The van der Waals surface area contributed by atoms with Crippen LogP contribution in [-0.2, 0) is 4.79 Å². The number of rotatable bonds is 5. The number of hydrogen-bond acceptors (Lipinski definition) is 2. The molecule has 4 aliphatic rings. The van der Waals surface area contributed by atoms with Crippen LogP contribution in [0, 0.1) is 45.3 Å². The van der Waals surface area contributed by atoms with Crippen molar-refractivity contribution >= 4 is 5.78 Å². The van der Waals surface area contributed by atoms with Crippen molar-refractivity contribution in [1.82, 2.24) is 0 Å². The molecule has 0 saturated heterocycles. The molecule has 2 saturated carbocycles. The van der Waals surface area contributed by atoms with Crippen molar-refractivity contribution in [1.29, 1.82) is 0 Å². The van der Waals surface area contributed by atoms with Gasteiger partial charge in [0.05, 0.1) is 6.26 Å². The lowest BCUT2D eigenvalue weighted by atomic mass is 9.43. The van der Waals surface area contributed by atoms with Gasteiger partial charge in [-0.05, 0) is 84.9 Å². The highest BCUT2D eigenvalue weighted by molar-refractivity contribution is 6.00. The molecule has 4 rings (SSSR count). The van der Waals surface area contributed by atoms with Crippen LogP contribution in [0.3, 0.4) is 0 Å². The van der Waals surface area contributed by atoms with Gasteiger partial charge in [0.25, 0.3) is 0 Å². The van der Waals surface area contributed by atoms with Crippen molar-refractivity contribution in [3.05, 3.63) is 23.0 Å². The minimum atomic E-state index is -0.398. The Morgan fingerprint density at radius 2 is 1.67 bits per heavy atom. The van der Waals surface area contributed by atoms with Crippen LogP contribution in [0.2, 0.25) is 0 Å². The normalized spacial score (nSPS) is 42.3. The molecule has 2 nitrogen and oxygen atoms in total. The van der Waals surface area contributed by atoms with Gasteiger partial charge in [0.2, 0.25) is 0 Å². The first kappa shape index (κ1) is 25.1. The lowest BCUT2D eigenvalue weighted by molar-refractivity contribution is -0.133. The van der Waals surface area contributed by atoms with Gasteiger partial charge in [-0.25, -0.2) is 0 Å². The first-order valence-corrected chi connectivity index (χ1v) is 13.9. The number of aliphatic hydroxyl groups is 1. The second kappa shape index (κ2) is 8.27. The predicted octanol–water partition coefficient (Wildman–Crippen LogP) is 8.82. The van der Waals surface area contributed by atoms with Gasteiger partial charge in [-0.3, -0.25) is 4.79 Å². The third kappa shape index (κ3) is 3.51. The molecule has 0 aliphatic heterocycles. The molecule has 186 valence electrons. The van der Waals surface area contributed by atoms with E-state index in [1.165, 1.54) is 51.4 Å². The van der Waals surface area contributed by atoms with E-state index in [1.54, 1.807) is 11.1 Å². The van der Waals surface area contributed by atoms with Gasteiger partial charge in [0, 0.05) is 11.0 Å². The van der Waals surface area contributed by atoms with Crippen LogP contribution < -0.4 is 0 Å². The molecule has 0 radical (unpaired) electrons. The Hall–Kier alpha value is -1.05. The summed E-state index contributed by atoms with van der Waals surface area (Å²) in [6.07, 6.45) is 13.4. The molecule has 0 aromatic carbocycles. The van der Waals surface area contributed by atoms with E-state index in [2.05, 4.69) is 55.4 Å². The van der Waals surface area contributed by atoms with E-state index in [9.17, 15) is 9.90 Å². The fraction of sp³-hybridized carbons (Fsp3) is 0.839. The average Bonchev–Trinajstić information content (AvgIpc) is 3.02. The summed E-state index contributed by atoms with van der Waals surface area (Å²) in [5, 5.41) is 9.94. The molecule has 2 fully saturated rings. The summed E-state index contributed by atoms with van der Waals surface area (Å²) in [6, 6.07) is 0. The largest absolute Gasteiger partial charge is 0.515 e. The van der Waals surface area contributed by atoms with Crippen LogP contribution in [0.4, 0.5) is 0 Å². The highest BCUT2D eigenvalue weighted by Gasteiger charge is 2.63. The molecule has 0 spiro atoms. The molecular formula is C31H50O2. The minimum absolute atomic E-state index is 0.00483. The van der Waals surface area contributed by atoms with Gasteiger partial charge < -0.3 is 5.11 Å². The van der Waals surface area contributed by atoms with Crippen molar-refractivity contribution in [2.75, 3.05) is 0 Å². The van der Waals surface area contributed by atoms with Gasteiger partial charge in [0.1, 0.15) is 0 Å². The van der Waals surface area contributed by atoms with E-state index in [-0.39, 0.29) is 11.2 Å². The Kier molecular flexibility index (Phi) is 6.28. The Labute approximate surface area is 203 Å². The van der Waals surface area contributed by atoms with Crippen LogP contribution in [0.15, 0.2) is 23.0 Å². The monoisotopic (exact) mass is 454 g/mol. The van der Waals surface area contributed by atoms with E-state index >= 15 is 0 Å². The summed E-state index contributed by atoms with van der Waals surface area (Å²) in [5.41, 5.74) is 4.37. The molecule has 1 N–H and O–H groups in total. The Balaban J connectivity index is 1.68. The van der Waals surface area contributed by atoms with Crippen LogP contribution >= 0.6 is 0 Å². The molecule has 0 unspecified atom stereocenters. The van der Waals surface area contributed by atoms with E-state index in [1.807, 2.05) is 0 Å². The van der Waals surface area contributed by atoms with E-state index in [4.69, 9.17) is 0 Å². The molecular weight excluding hydrogens is 404 g/mol. The van der Waals surface area contributed by atoms with Crippen LogP contribution in [0.5, 0.6) is 0 Å². The van der Waals surface area contributed by atoms with Crippen molar-refractivity contribution in [3.8, 4) is 0 Å². The molecule has 2 heteroatoms. The first-order valence-electron chi connectivity index (χ1n) is 13.9. The van der Waals surface area contributed by atoms with Gasteiger partial charge in [-0.1, -0.05) is 85.8 Å². The summed E-state index contributed by atoms with van der Waals surface area (Å²) in [4.78, 5) is 13.1. The van der Waals surface area contributed by atoms with Crippen molar-refractivity contribution in [3.63, 3.8) is 0 Å². The molecule has 0 bridgehead atoms. The standard InChI is InChI=1S/C31H50O2/c1-20(2)10-9-11-21(3)23-14-16-31(8)25-12-13-26-28(4,5)27(33)22(19-32)18-29(26,6)24(25)15-17-30(23,31)7/h19-21,23,26,32H,9-18H2,1-8H3/b22-19-/t21-,23-,26+,29-,30-,31+/m1/s1. The summed E-state index contributed by atoms with van der Waals surface area (Å²) < 4.78 is 0. The molecule has 33 heavy (non-hydrogen) atoms. The van der Waals surface area contributed by atoms with Gasteiger partial charge >= 0.3 is 0 Å². The lowest BCUT2D eigenvalue weighted by Gasteiger charge is -2.61. The number of carbonyl (C=O) groups is 1. The number of ketones is 1. The molecule has 0 aromatic rings. The zero-order valence-electron chi connectivity index (χ0n) is 22.8. The molecule has 0 amide bonds. The fourth-order valence-corrected chi connectivity index (χ4v) is 9.66. The second-order valence-corrected chi connectivity index (χ2v) is 14.0. The molecule has 0 aromatic heterocycles. The van der Waals surface area contributed by atoms with Crippen LogP contribution in [0.25, 0.3) is 0 Å². The number of aliphatic hydroxyl groups excluding tert-OH is 1. The minimum Gasteiger partial charge on any atom is -0.515 e. The zero-order chi connectivity index (χ0) is 24.4. The summed E-state index contributed by atoms with van der Waals surface area (Å²) in [7, 11) is 0. The quantitative estimate of drug-likeness (QED) is 0.256. The average molecular weight is 455 g/mol. The number of carbonyl (C=O) groups excluding carboxylic acids is 1. The second-order valence-electron chi connectivity index (χ2n) is 14.0. The summed E-state index contributed by atoms with van der Waals surface area (Å²) in [5.74, 6) is 2.98. The zero-order valence-corrected chi connectivity index (χ0v) is 22.8. The maximum atomic E-state index is 13.1. The first-order chi connectivity index (χ1) is 15.3. The molecule has 6 atom stereocenters. The van der Waals surface area contributed by atoms with Crippen LogP contribution in [-0.4, -0.2) is 10.9 Å². The van der Waals surface area contributed by atoms with Gasteiger partial charge in [-0.15, -0.1) is 0 Å². The third-order valence-electron chi connectivity index (χ3n) is 11.7. The Morgan fingerprint density at radius 3 is 2.30 bits per heavy atom. The van der Waals surface area contributed by atoms with E-state index < -0.39 is 5.41 Å². The van der Waals surface area contributed by atoms with Crippen molar-refractivity contribution < 1.29 is 9.90 Å². The highest BCUT2D eigenvalue weighted by atomic mass is 16.2. The van der Waals surface area contributed by atoms with E-state index in [0.29, 0.717) is 22.3 Å². The highest BCUT2D eigenvalue weighted by Crippen LogP contribution is 2.72. The summed E-state index contributed by atoms with van der Waals surface area (Å²) >= 11 is 0. The maximum Gasteiger partial charge on any atom is 0.167 e. The topological polar surface area (TPSA) is 37.3 Å². The molecule has 0 heterocycles. The van der Waals surface area contributed by atoms with Crippen molar-refractivity contribution in [2.45, 2.75) is 120 Å². The number of allylic oxidation sites excluding steroid dienone is 3. The lowest BCUT2D eigenvalue weighted by Crippen LogP contribution is -2.54. The van der Waals surface area contributed by atoms with Gasteiger partial charge in [-0.2, -0.15) is 0 Å². The fourth-order valence-electron chi connectivity index (χ4n) is 9.66. The SMILES string of the molecule is CC(C)CCC[C@@H](C)[C@H]1CC[C@@]2(C)C3=C(CC[C@]12C)[C@@]1(C)C/C(=C/O)C(=O)C(C)(C)[C@@H]1CC3. The maximum absolute atomic E-state index is 13.1. The Morgan fingerprint density at radius 1 is 0.970 bits per heavy atom. The Bertz CT molecular complexity index is 860. The van der Waals surface area contributed by atoms with Crippen LogP contribution in [0.1, 0.15) is 120 Å². The summed E-state index contributed by atoms with van der Waals surface area (Å²) in [6.45, 7) is 19.2. The smallest absolute Gasteiger partial charge is 0.167 e. The number of Topliss-reactive ketones (excluding diaryl/α,β-unsaturated/α-hetero) is 1. The number of hydrogen-bond donors (Lipinski definition) is 1.